The number of amides is 1. The molecule has 6 rings (SSSR count). The lowest BCUT2D eigenvalue weighted by molar-refractivity contribution is 0.0935. The van der Waals surface area contributed by atoms with Gasteiger partial charge in [0.15, 0.2) is 17.3 Å². The highest BCUT2D eigenvalue weighted by Crippen LogP contribution is 2.43. The molecule has 3 aromatic rings. The molecule has 0 aromatic carbocycles. The first-order valence-electron chi connectivity index (χ1n) is 13.5. The van der Waals surface area contributed by atoms with Crippen molar-refractivity contribution >= 4 is 29.1 Å². The number of piperidine rings is 1. The maximum Gasteiger partial charge on any atom is 0.273 e. The number of nitrogens with zero attached hydrogens (tertiary/aromatic N) is 6. The second-order valence-corrected chi connectivity index (χ2v) is 12.1. The fourth-order valence-electron chi connectivity index (χ4n) is 6.93. The Morgan fingerprint density at radius 2 is 1.92 bits per heavy atom. The number of carbonyl (C=O) groups is 2. The summed E-state index contributed by atoms with van der Waals surface area (Å²) in [7, 11) is 3.95. The van der Waals surface area contributed by atoms with Crippen molar-refractivity contribution < 1.29 is 9.59 Å². The number of primary amides is 1. The lowest BCUT2D eigenvalue weighted by atomic mass is 9.85. The van der Waals surface area contributed by atoms with Crippen LogP contribution in [0.25, 0.3) is 0 Å². The van der Waals surface area contributed by atoms with Crippen LogP contribution < -0.4 is 16.0 Å². The molecule has 0 radical (unpaired) electrons. The van der Waals surface area contributed by atoms with Crippen LogP contribution in [0.5, 0.6) is 0 Å². The van der Waals surface area contributed by atoms with Crippen LogP contribution in [-0.4, -0.2) is 48.1 Å². The number of anilines is 3. The molecule has 3 aliphatic rings. The van der Waals surface area contributed by atoms with Crippen molar-refractivity contribution in [3.8, 4) is 0 Å². The number of Topliss-reactive ketones (excluding diaryl/α,β-unsaturated/α-hetero) is 1. The Bertz CT molecular complexity index is 1420. The Hall–Kier alpha value is -3.69. The summed E-state index contributed by atoms with van der Waals surface area (Å²) >= 11 is 0. The summed E-state index contributed by atoms with van der Waals surface area (Å²) in [6, 6.07) is 4.48. The molecule has 2 fully saturated rings. The van der Waals surface area contributed by atoms with Crippen LogP contribution in [0.15, 0.2) is 24.5 Å². The normalized spacial score (nSPS) is 23.5. The number of carbonyl (C=O) groups excluding carboxylic acids is 2. The summed E-state index contributed by atoms with van der Waals surface area (Å²) in [6.45, 7) is 4.57. The van der Waals surface area contributed by atoms with Gasteiger partial charge in [0, 0.05) is 50.7 Å². The van der Waals surface area contributed by atoms with Crippen LogP contribution in [0.4, 0.5) is 17.5 Å². The second-order valence-electron chi connectivity index (χ2n) is 12.1. The lowest BCUT2D eigenvalue weighted by Crippen LogP contribution is -2.46. The summed E-state index contributed by atoms with van der Waals surface area (Å²) in [5, 5.41) is 11.7. The van der Waals surface area contributed by atoms with Gasteiger partial charge in [0.05, 0.1) is 11.4 Å². The van der Waals surface area contributed by atoms with Gasteiger partial charge < -0.3 is 25.1 Å². The molecule has 0 saturated carbocycles. The molecule has 3 unspecified atom stereocenters. The van der Waals surface area contributed by atoms with E-state index in [0.29, 0.717) is 24.2 Å². The zero-order chi connectivity index (χ0) is 26.8. The van der Waals surface area contributed by atoms with Crippen molar-refractivity contribution in [2.75, 3.05) is 10.2 Å². The zero-order valence-corrected chi connectivity index (χ0v) is 22.6. The van der Waals surface area contributed by atoms with Crippen molar-refractivity contribution in [2.24, 2.45) is 31.2 Å². The van der Waals surface area contributed by atoms with Gasteiger partial charge in [-0.15, -0.1) is 10.2 Å². The van der Waals surface area contributed by atoms with Crippen LogP contribution in [0.3, 0.4) is 0 Å². The first-order chi connectivity index (χ1) is 18.1. The highest BCUT2D eigenvalue weighted by atomic mass is 16.1. The predicted octanol–water partition coefficient (Wildman–Crippen LogP) is 3.54. The van der Waals surface area contributed by atoms with Gasteiger partial charge in [-0.05, 0) is 67.6 Å². The van der Waals surface area contributed by atoms with Crippen molar-refractivity contribution in [3.05, 3.63) is 47.2 Å². The van der Waals surface area contributed by atoms with E-state index in [1.54, 1.807) is 0 Å². The molecule has 3 N–H and O–H groups in total. The third-order valence-electron chi connectivity index (χ3n) is 8.69. The van der Waals surface area contributed by atoms with Gasteiger partial charge in [0.1, 0.15) is 0 Å². The monoisotopic (exact) mass is 516 g/mol. The van der Waals surface area contributed by atoms with E-state index in [1.165, 1.54) is 11.3 Å². The number of nitrogens with one attached hydrogen (secondary N) is 1. The number of rotatable bonds is 7. The molecule has 10 heteroatoms. The molecule has 1 aliphatic carbocycles. The first kappa shape index (κ1) is 24.6. The number of ketones is 1. The molecule has 2 saturated heterocycles. The minimum absolute atomic E-state index is 0.00798. The minimum Gasteiger partial charge on any atom is -0.364 e. The summed E-state index contributed by atoms with van der Waals surface area (Å²) in [4.78, 5) is 32.6. The summed E-state index contributed by atoms with van der Waals surface area (Å²) in [6.07, 6.45) is 10.3. The molecule has 200 valence electrons. The first-order valence-corrected chi connectivity index (χ1v) is 13.5. The molecule has 0 spiro atoms. The van der Waals surface area contributed by atoms with E-state index in [1.807, 2.05) is 37.1 Å². The summed E-state index contributed by atoms with van der Waals surface area (Å²) in [5.41, 5.74) is 10.1. The van der Waals surface area contributed by atoms with Crippen molar-refractivity contribution in [1.82, 2.24) is 24.3 Å². The largest absolute Gasteiger partial charge is 0.364 e. The van der Waals surface area contributed by atoms with Crippen LogP contribution in [0.2, 0.25) is 0 Å². The van der Waals surface area contributed by atoms with E-state index in [4.69, 9.17) is 10.7 Å². The van der Waals surface area contributed by atoms with Crippen LogP contribution >= 0.6 is 0 Å². The molecule has 10 nitrogen and oxygen atoms in total. The number of hydrogen-bond acceptors (Lipinski definition) is 7. The van der Waals surface area contributed by atoms with Gasteiger partial charge in [-0.3, -0.25) is 9.59 Å². The zero-order valence-electron chi connectivity index (χ0n) is 22.6. The fourth-order valence-corrected chi connectivity index (χ4v) is 6.93. The van der Waals surface area contributed by atoms with Crippen molar-refractivity contribution in [2.45, 2.75) is 70.9 Å². The Morgan fingerprint density at radius 3 is 2.63 bits per heavy atom. The molecular formula is C28H36N8O2. The molecule has 1 amide bonds. The fraction of sp³-hybridized carbons (Fsp3) is 0.536. The average Bonchev–Trinajstić information content (AvgIpc) is 3.57. The van der Waals surface area contributed by atoms with Gasteiger partial charge in [-0.1, -0.05) is 13.8 Å². The maximum absolute atomic E-state index is 13.6. The van der Waals surface area contributed by atoms with E-state index in [0.717, 1.165) is 49.9 Å². The van der Waals surface area contributed by atoms with Crippen LogP contribution in [0.1, 0.15) is 78.2 Å². The van der Waals surface area contributed by atoms with Gasteiger partial charge >= 0.3 is 0 Å². The molecule has 3 atom stereocenters. The van der Waals surface area contributed by atoms with Crippen molar-refractivity contribution in [3.63, 3.8) is 0 Å². The van der Waals surface area contributed by atoms with E-state index in [9.17, 15) is 9.59 Å². The van der Waals surface area contributed by atoms with Crippen LogP contribution in [-0.2, 0) is 26.9 Å². The van der Waals surface area contributed by atoms with Crippen LogP contribution in [0, 0.1) is 11.3 Å². The van der Waals surface area contributed by atoms with Gasteiger partial charge in [-0.25, -0.2) is 0 Å². The third kappa shape index (κ3) is 4.25. The summed E-state index contributed by atoms with van der Waals surface area (Å²) < 4.78 is 4.03. The predicted molar refractivity (Wildman–Crippen MR) is 145 cm³/mol. The number of aromatic nitrogens is 5. The Balaban J connectivity index is 1.24. The lowest BCUT2D eigenvalue weighted by Gasteiger charge is -2.39. The minimum atomic E-state index is -0.682. The molecule has 5 heterocycles. The number of nitrogens with two attached hydrogens (primary N) is 1. The Morgan fingerprint density at radius 1 is 1.13 bits per heavy atom. The summed E-state index contributed by atoms with van der Waals surface area (Å²) in [5.74, 6) is 0.528. The number of fused-ring (bicyclic) bond motifs is 3. The SMILES string of the molecule is Cn1ccc(Nc2nc(N3C4CCC(CC(=O)c5cc6c(n5C)CC(C)(C)C6)C3CC4)nnc2C(N)=O)c1. The highest BCUT2D eigenvalue weighted by Gasteiger charge is 2.45. The van der Waals surface area contributed by atoms with Crippen molar-refractivity contribution in [1.29, 1.82) is 0 Å². The van der Waals surface area contributed by atoms with E-state index < -0.39 is 5.91 Å². The molecule has 3 aromatic heterocycles. The third-order valence-corrected chi connectivity index (χ3v) is 8.69. The quantitative estimate of drug-likeness (QED) is 0.460. The Labute approximate surface area is 222 Å². The molecule has 2 bridgehead atoms. The van der Waals surface area contributed by atoms with E-state index in [-0.39, 0.29) is 28.9 Å². The number of aryl methyl sites for hydroxylation is 1. The molecular weight excluding hydrogens is 480 g/mol. The molecule has 38 heavy (non-hydrogen) atoms. The smallest absolute Gasteiger partial charge is 0.273 e. The average molecular weight is 517 g/mol. The van der Waals surface area contributed by atoms with Gasteiger partial charge in [-0.2, -0.15) is 4.98 Å². The van der Waals surface area contributed by atoms with E-state index >= 15 is 0 Å². The van der Waals surface area contributed by atoms with Gasteiger partial charge in [0.2, 0.25) is 5.95 Å². The molecule has 2 aliphatic heterocycles. The number of hydrogen-bond donors (Lipinski definition) is 2. The highest BCUT2D eigenvalue weighted by molar-refractivity contribution is 5.96. The van der Waals surface area contributed by atoms with E-state index in [2.05, 4.69) is 44.9 Å². The van der Waals surface area contributed by atoms with Gasteiger partial charge in [0.25, 0.3) is 5.91 Å². The standard InChI is InChI=1S/C28H36N8O2/c1-28(2)13-17-11-21(35(4)22(17)14-28)23(37)12-16-5-6-19-7-8-20(16)36(19)27-31-26(24(25(29)38)32-33-27)30-18-9-10-34(3)15-18/h9-11,15-16,19-20H,5-8,12-14H2,1-4H3,(H2,29,38)(H,30,31,33). The topological polar surface area (TPSA) is 124 Å². The second kappa shape index (κ2) is 8.96. The maximum atomic E-state index is 13.6. The Kier molecular flexibility index (Phi) is 5.81.